The quantitative estimate of drug-likeness (QED) is 0.115. The topological polar surface area (TPSA) is 0 Å². The van der Waals surface area contributed by atoms with E-state index in [0.29, 0.717) is 0 Å². The zero-order valence-electron chi connectivity index (χ0n) is 21.8. The van der Waals surface area contributed by atoms with Gasteiger partial charge in [-0.1, -0.05) is 129 Å². The van der Waals surface area contributed by atoms with Crippen LogP contribution in [0, 0.1) is 0 Å². The third-order valence-electron chi connectivity index (χ3n) is 6.73. The molecule has 0 N–H and O–H groups in total. The Morgan fingerprint density at radius 3 is 0.800 bits per heavy atom. The smallest absolute Gasteiger partial charge is 0.0782 e. The van der Waals surface area contributed by atoms with Crippen LogP contribution in [0.5, 0.6) is 0 Å². The van der Waals surface area contributed by atoms with Crippen LogP contribution >= 0.6 is 0 Å². The molecule has 0 aromatic heterocycles. The molecule has 0 amide bonds. The Kier molecular flexibility index (Phi) is 27.6. The Balaban J connectivity index is 0. The SMILES string of the molecule is CCCCCCCCCCCCCCCCCCCC[N+](C)(C)CCCCCC.[Cl-]. The number of halogens is 1. The van der Waals surface area contributed by atoms with E-state index in [0.717, 1.165) is 0 Å². The van der Waals surface area contributed by atoms with Gasteiger partial charge in [-0.3, -0.25) is 0 Å². The number of hydrogen-bond acceptors (Lipinski definition) is 0. The summed E-state index contributed by atoms with van der Waals surface area (Å²) in [5.74, 6) is 0. The second-order valence-corrected chi connectivity index (χ2v) is 10.5. The molecule has 0 aliphatic rings. The van der Waals surface area contributed by atoms with Crippen molar-refractivity contribution in [2.24, 2.45) is 0 Å². The first-order valence-electron chi connectivity index (χ1n) is 13.9. The highest BCUT2D eigenvalue weighted by atomic mass is 35.5. The van der Waals surface area contributed by atoms with Gasteiger partial charge in [-0.05, 0) is 25.7 Å². The minimum absolute atomic E-state index is 0. The summed E-state index contributed by atoms with van der Waals surface area (Å²) in [6, 6.07) is 0. The molecule has 0 aliphatic carbocycles. The highest BCUT2D eigenvalue weighted by Gasteiger charge is 2.13. The Bertz CT molecular complexity index is 303. The van der Waals surface area contributed by atoms with Gasteiger partial charge in [0.1, 0.15) is 0 Å². The summed E-state index contributed by atoms with van der Waals surface area (Å²) in [7, 11) is 4.86. The van der Waals surface area contributed by atoms with E-state index in [4.69, 9.17) is 0 Å². The molecule has 0 aromatic carbocycles. The van der Waals surface area contributed by atoms with Crippen LogP contribution in [0.2, 0.25) is 0 Å². The lowest BCUT2D eigenvalue weighted by Crippen LogP contribution is -3.00. The van der Waals surface area contributed by atoms with E-state index in [1.165, 1.54) is 159 Å². The Labute approximate surface area is 199 Å². The van der Waals surface area contributed by atoms with E-state index in [-0.39, 0.29) is 12.4 Å². The van der Waals surface area contributed by atoms with Gasteiger partial charge in [-0.25, -0.2) is 0 Å². The van der Waals surface area contributed by atoms with Gasteiger partial charge in [-0.15, -0.1) is 0 Å². The molecule has 1 nitrogen and oxygen atoms in total. The van der Waals surface area contributed by atoms with E-state index >= 15 is 0 Å². The number of nitrogens with zero attached hydrogens (tertiary/aromatic N) is 1. The van der Waals surface area contributed by atoms with Crippen molar-refractivity contribution in [1.82, 2.24) is 0 Å². The van der Waals surface area contributed by atoms with E-state index < -0.39 is 0 Å². The Hall–Kier alpha value is 0.250. The lowest BCUT2D eigenvalue weighted by molar-refractivity contribution is -0.890. The summed E-state index contributed by atoms with van der Waals surface area (Å²) in [5.41, 5.74) is 0. The van der Waals surface area contributed by atoms with Gasteiger partial charge in [0.15, 0.2) is 0 Å². The summed E-state index contributed by atoms with van der Waals surface area (Å²) in [5, 5.41) is 0. The van der Waals surface area contributed by atoms with Gasteiger partial charge >= 0.3 is 0 Å². The van der Waals surface area contributed by atoms with Crippen molar-refractivity contribution in [2.45, 2.75) is 155 Å². The molecule has 0 rings (SSSR count). The van der Waals surface area contributed by atoms with Crippen LogP contribution < -0.4 is 12.4 Å². The summed E-state index contributed by atoms with van der Waals surface area (Å²) in [6.45, 7) is 7.36. The average molecular weight is 446 g/mol. The summed E-state index contributed by atoms with van der Waals surface area (Å²) in [6.07, 6.45) is 32.0. The molecule has 0 saturated carbocycles. The molecule has 0 aliphatic heterocycles. The monoisotopic (exact) mass is 445 g/mol. The fraction of sp³-hybridized carbons (Fsp3) is 1.00. The molecule has 0 unspecified atom stereocenters. The largest absolute Gasteiger partial charge is 1.00 e. The molecule has 0 spiro atoms. The first kappa shape index (κ1) is 32.4. The van der Waals surface area contributed by atoms with Crippen LogP contribution in [0.25, 0.3) is 0 Å². The predicted molar refractivity (Wildman–Crippen MR) is 135 cm³/mol. The summed E-state index contributed by atoms with van der Waals surface area (Å²) in [4.78, 5) is 0. The maximum atomic E-state index is 2.43. The summed E-state index contributed by atoms with van der Waals surface area (Å²) >= 11 is 0. The van der Waals surface area contributed by atoms with Gasteiger partial charge in [0.2, 0.25) is 0 Å². The summed E-state index contributed by atoms with van der Waals surface area (Å²) < 4.78 is 1.24. The lowest BCUT2D eigenvalue weighted by atomic mass is 10.0. The predicted octanol–water partition coefficient (Wildman–Crippen LogP) is 6.69. The van der Waals surface area contributed by atoms with Gasteiger partial charge < -0.3 is 16.9 Å². The molecule has 0 saturated heterocycles. The molecule has 0 radical (unpaired) electrons. The molecule has 184 valence electrons. The van der Waals surface area contributed by atoms with E-state index in [1.807, 2.05) is 0 Å². The number of hydrogen-bond donors (Lipinski definition) is 0. The molecule has 2 heteroatoms. The van der Waals surface area contributed by atoms with E-state index in [2.05, 4.69) is 27.9 Å². The average Bonchev–Trinajstić information content (AvgIpc) is 2.70. The maximum Gasteiger partial charge on any atom is 0.0782 e. The lowest BCUT2D eigenvalue weighted by Gasteiger charge is -2.30. The fourth-order valence-corrected chi connectivity index (χ4v) is 4.52. The normalized spacial score (nSPS) is 11.6. The van der Waals surface area contributed by atoms with Crippen molar-refractivity contribution in [2.75, 3.05) is 27.2 Å². The highest BCUT2D eigenvalue weighted by molar-refractivity contribution is 4.51. The molecule has 0 aromatic rings. The molecular formula is C28H60ClN. The van der Waals surface area contributed by atoms with Crippen molar-refractivity contribution in [3.8, 4) is 0 Å². The van der Waals surface area contributed by atoms with Crippen molar-refractivity contribution < 1.29 is 16.9 Å². The number of rotatable bonds is 24. The van der Waals surface area contributed by atoms with Crippen LogP contribution in [-0.4, -0.2) is 31.7 Å². The first-order chi connectivity index (χ1) is 14.1. The van der Waals surface area contributed by atoms with Crippen LogP contribution in [-0.2, 0) is 0 Å². The third-order valence-corrected chi connectivity index (χ3v) is 6.73. The van der Waals surface area contributed by atoms with Crippen molar-refractivity contribution in [3.05, 3.63) is 0 Å². The Morgan fingerprint density at radius 2 is 0.533 bits per heavy atom. The van der Waals surface area contributed by atoms with Crippen LogP contribution in [0.3, 0.4) is 0 Å². The molecule has 30 heavy (non-hydrogen) atoms. The minimum Gasteiger partial charge on any atom is -1.00 e. The maximum absolute atomic E-state index is 2.43. The van der Waals surface area contributed by atoms with Crippen molar-refractivity contribution >= 4 is 0 Å². The molecule has 0 fully saturated rings. The van der Waals surface area contributed by atoms with Gasteiger partial charge in [0.05, 0.1) is 27.2 Å². The number of unbranched alkanes of at least 4 members (excludes halogenated alkanes) is 20. The van der Waals surface area contributed by atoms with Crippen LogP contribution in [0.4, 0.5) is 0 Å². The fourth-order valence-electron chi connectivity index (χ4n) is 4.52. The first-order valence-corrected chi connectivity index (χ1v) is 13.9. The zero-order valence-corrected chi connectivity index (χ0v) is 22.6. The Morgan fingerprint density at radius 1 is 0.333 bits per heavy atom. The third kappa shape index (κ3) is 26.3. The highest BCUT2D eigenvalue weighted by Crippen LogP contribution is 2.15. The standard InChI is InChI=1S/C28H60N.ClH/c1-5-7-9-11-12-13-14-15-16-17-18-19-20-21-22-23-24-26-28-29(3,4)27-25-10-8-6-2;/h5-28H2,1-4H3;1H/q+1;/p-1. The van der Waals surface area contributed by atoms with Gasteiger partial charge in [-0.2, -0.15) is 0 Å². The number of quaternary nitrogens is 1. The molecule has 0 atom stereocenters. The van der Waals surface area contributed by atoms with Crippen LogP contribution in [0.1, 0.15) is 155 Å². The van der Waals surface area contributed by atoms with Gasteiger partial charge in [0.25, 0.3) is 0 Å². The second-order valence-electron chi connectivity index (χ2n) is 10.5. The van der Waals surface area contributed by atoms with Crippen LogP contribution in [0.15, 0.2) is 0 Å². The molecule has 0 heterocycles. The zero-order chi connectivity index (χ0) is 21.5. The van der Waals surface area contributed by atoms with Gasteiger partial charge in [0, 0.05) is 0 Å². The second kappa shape index (κ2) is 25.5. The van der Waals surface area contributed by atoms with E-state index in [9.17, 15) is 0 Å². The van der Waals surface area contributed by atoms with Crippen molar-refractivity contribution in [3.63, 3.8) is 0 Å². The molecular weight excluding hydrogens is 386 g/mol. The van der Waals surface area contributed by atoms with Crippen molar-refractivity contribution in [1.29, 1.82) is 0 Å². The van der Waals surface area contributed by atoms with E-state index in [1.54, 1.807) is 0 Å². The minimum atomic E-state index is 0. The molecule has 0 bridgehead atoms.